The van der Waals surface area contributed by atoms with Gasteiger partial charge in [0.1, 0.15) is 0 Å². The number of nitrogens with zero attached hydrogens (tertiary/aromatic N) is 3. The zero-order valence-electron chi connectivity index (χ0n) is 10.9. The van der Waals surface area contributed by atoms with Gasteiger partial charge in [-0.2, -0.15) is 0 Å². The summed E-state index contributed by atoms with van der Waals surface area (Å²) in [7, 11) is 4.05. The summed E-state index contributed by atoms with van der Waals surface area (Å²) in [6.07, 6.45) is 6.01. The number of rotatable bonds is 2. The Labute approximate surface area is 118 Å². The highest BCUT2D eigenvalue weighted by Crippen LogP contribution is 2.37. The van der Waals surface area contributed by atoms with Crippen LogP contribution in [-0.2, 0) is 7.05 Å². The van der Waals surface area contributed by atoms with Gasteiger partial charge in [-0.25, -0.2) is 0 Å². The summed E-state index contributed by atoms with van der Waals surface area (Å²) < 4.78 is 2.06. The van der Waals surface area contributed by atoms with Crippen molar-refractivity contribution >= 4 is 17.3 Å². The first-order chi connectivity index (χ1) is 9.16. The topological polar surface area (TPSA) is 33.1 Å². The van der Waals surface area contributed by atoms with Crippen LogP contribution in [0.2, 0.25) is 0 Å². The molecule has 2 aromatic heterocycles. The Morgan fingerprint density at radius 1 is 1.26 bits per heavy atom. The fourth-order valence-electron chi connectivity index (χ4n) is 2.58. The summed E-state index contributed by atoms with van der Waals surface area (Å²) in [6, 6.07) is 8.39. The highest BCUT2D eigenvalue weighted by molar-refractivity contribution is 7.80. The van der Waals surface area contributed by atoms with Gasteiger partial charge in [-0.05, 0) is 36.0 Å². The molecule has 0 aromatic carbocycles. The second kappa shape index (κ2) is 4.66. The van der Waals surface area contributed by atoms with Crippen LogP contribution in [-0.4, -0.2) is 26.6 Å². The first-order valence-electron chi connectivity index (χ1n) is 6.23. The largest absolute Gasteiger partial charge is 0.357 e. The zero-order valence-corrected chi connectivity index (χ0v) is 11.8. The molecule has 5 heteroatoms. The van der Waals surface area contributed by atoms with Crippen LogP contribution >= 0.6 is 12.2 Å². The highest BCUT2D eigenvalue weighted by atomic mass is 32.1. The zero-order chi connectivity index (χ0) is 13.4. The highest BCUT2D eigenvalue weighted by Gasteiger charge is 2.37. The van der Waals surface area contributed by atoms with Crippen LogP contribution in [0.15, 0.2) is 42.9 Å². The minimum atomic E-state index is 0.0982. The van der Waals surface area contributed by atoms with Crippen molar-refractivity contribution in [2.45, 2.75) is 12.1 Å². The molecule has 2 aromatic rings. The Morgan fingerprint density at radius 3 is 2.74 bits per heavy atom. The maximum absolute atomic E-state index is 5.38. The number of hydrogen-bond donors (Lipinski definition) is 1. The Balaban J connectivity index is 2.01. The molecule has 2 atom stereocenters. The molecule has 1 aliphatic heterocycles. The van der Waals surface area contributed by atoms with Gasteiger partial charge in [-0.3, -0.25) is 4.98 Å². The fourth-order valence-corrected chi connectivity index (χ4v) is 2.82. The molecule has 0 aliphatic carbocycles. The van der Waals surface area contributed by atoms with Gasteiger partial charge in [0.2, 0.25) is 0 Å². The van der Waals surface area contributed by atoms with Crippen molar-refractivity contribution in [1.29, 1.82) is 0 Å². The molecule has 1 aliphatic rings. The molecule has 98 valence electrons. The lowest BCUT2D eigenvalue weighted by Gasteiger charge is -2.23. The molecule has 0 amide bonds. The van der Waals surface area contributed by atoms with E-state index in [0.717, 1.165) is 10.8 Å². The van der Waals surface area contributed by atoms with Gasteiger partial charge in [0.05, 0.1) is 17.8 Å². The molecular formula is C14H16N4S. The molecular weight excluding hydrogens is 256 g/mol. The van der Waals surface area contributed by atoms with Crippen LogP contribution in [0.5, 0.6) is 0 Å². The minimum absolute atomic E-state index is 0.0982. The Kier molecular flexibility index (Phi) is 2.98. The van der Waals surface area contributed by atoms with Crippen molar-refractivity contribution < 1.29 is 0 Å². The lowest BCUT2D eigenvalue weighted by molar-refractivity contribution is 0.368. The summed E-state index contributed by atoms with van der Waals surface area (Å²) >= 11 is 5.38. The van der Waals surface area contributed by atoms with Crippen LogP contribution in [0.25, 0.3) is 0 Å². The fraction of sp³-hybridized carbons (Fsp3) is 0.286. The number of thiocarbonyl (C=S) groups is 1. The van der Waals surface area contributed by atoms with Crippen LogP contribution in [0.1, 0.15) is 23.3 Å². The first-order valence-corrected chi connectivity index (χ1v) is 6.64. The maximum Gasteiger partial charge on any atom is 0.169 e. The SMILES string of the molecule is CN1C(=S)NC(c2ccccn2)C1c1ccn(C)c1. The monoisotopic (exact) mass is 272 g/mol. The van der Waals surface area contributed by atoms with Crippen LogP contribution < -0.4 is 5.32 Å². The minimum Gasteiger partial charge on any atom is -0.357 e. The molecule has 19 heavy (non-hydrogen) atoms. The van der Waals surface area contributed by atoms with Crippen molar-refractivity contribution in [3.8, 4) is 0 Å². The quantitative estimate of drug-likeness (QED) is 0.848. The number of hydrogen-bond acceptors (Lipinski definition) is 2. The van der Waals surface area contributed by atoms with Gasteiger partial charge in [-0.15, -0.1) is 0 Å². The summed E-state index contributed by atoms with van der Waals surface area (Å²) in [5.41, 5.74) is 2.26. The summed E-state index contributed by atoms with van der Waals surface area (Å²) in [4.78, 5) is 6.56. The Morgan fingerprint density at radius 2 is 2.11 bits per heavy atom. The molecule has 2 unspecified atom stereocenters. The van der Waals surface area contributed by atoms with Gasteiger partial charge >= 0.3 is 0 Å². The predicted octanol–water partition coefficient (Wildman–Crippen LogP) is 2.02. The van der Waals surface area contributed by atoms with Crippen LogP contribution in [0, 0.1) is 0 Å². The average molecular weight is 272 g/mol. The van der Waals surface area contributed by atoms with Gasteiger partial charge in [0, 0.05) is 32.7 Å². The molecule has 4 nitrogen and oxygen atoms in total. The predicted molar refractivity (Wildman–Crippen MR) is 78.6 cm³/mol. The molecule has 1 saturated heterocycles. The van der Waals surface area contributed by atoms with E-state index in [-0.39, 0.29) is 12.1 Å². The van der Waals surface area contributed by atoms with Crippen LogP contribution in [0.4, 0.5) is 0 Å². The number of pyridine rings is 1. The van der Waals surface area contributed by atoms with Crippen molar-refractivity contribution in [2.24, 2.45) is 7.05 Å². The van der Waals surface area contributed by atoms with E-state index in [2.05, 4.69) is 38.2 Å². The van der Waals surface area contributed by atoms with Gasteiger partial charge in [0.25, 0.3) is 0 Å². The molecule has 1 N–H and O–H groups in total. The lowest BCUT2D eigenvalue weighted by Crippen LogP contribution is -2.24. The van der Waals surface area contributed by atoms with Gasteiger partial charge in [0.15, 0.2) is 5.11 Å². The summed E-state index contributed by atoms with van der Waals surface area (Å²) in [5, 5.41) is 4.13. The van der Waals surface area contributed by atoms with E-state index >= 15 is 0 Å². The first kappa shape index (κ1) is 12.2. The van der Waals surface area contributed by atoms with E-state index in [9.17, 15) is 0 Å². The smallest absolute Gasteiger partial charge is 0.169 e. The standard InChI is InChI=1S/C14H16N4S/c1-17-8-6-10(9-17)13-12(16-14(19)18(13)2)11-5-3-4-7-15-11/h3-9,12-13H,1-2H3,(H,16,19). The number of aryl methyl sites for hydroxylation is 1. The summed E-state index contributed by atoms with van der Waals surface area (Å²) in [6.45, 7) is 0. The molecule has 0 bridgehead atoms. The number of nitrogens with one attached hydrogen (secondary N) is 1. The van der Waals surface area contributed by atoms with Gasteiger partial charge in [-0.1, -0.05) is 6.07 Å². The second-order valence-corrected chi connectivity index (χ2v) is 5.23. The van der Waals surface area contributed by atoms with Gasteiger partial charge < -0.3 is 14.8 Å². The van der Waals surface area contributed by atoms with Crippen molar-refractivity contribution in [3.05, 3.63) is 54.1 Å². The van der Waals surface area contributed by atoms with E-state index in [4.69, 9.17) is 12.2 Å². The van der Waals surface area contributed by atoms with Crippen molar-refractivity contribution in [1.82, 2.24) is 19.8 Å². The summed E-state index contributed by atoms with van der Waals surface area (Å²) in [5.74, 6) is 0. The maximum atomic E-state index is 5.38. The van der Waals surface area contributed by atoms with Crippen molar-refractivity contribution in [3.63, 3.8) is 0 Å². The molecule has 3 rings (SSSR count). The third-order valence-electron chi connectivity index (χ3n) is 3.54. The second-order valence-electron chi connectivity index (χ2n) is 4.85. The van der Waals surface area contributed by atoms with E-state index in [1.807, 2.05) is 38.5 Å². The average Bonchev–Trinajstić information content (AvgIpc) is 2.96. The molecule has 0 spiro atoms. The molecule has 0 saturated carbocycles. The molecule has 1 fully saturated rings. The molecule has 0 radical (unpaired) electrons. The lowest BCUT2D eigenvalue weighted by atomic mass is 10.00. The Bertz CT molecular complexity index is 593. The van der Waals surface area contributed by atoms with E-state index in [1.165, 1.54) is 5.56 Å². The Hall–Kier alpha value is -1.88. The molecule has 3 heterocycles. The third kappa shape index (κ3) is 2.10. The van der Waals surface area contributed by atoms with Crippen molar-refractivity contribution in [2.75, 3.05) is 7.05 Å². The number of aromatic nitrogens is 2. The number of likely N-dealkylation sites (N-methyl/N-ethyl adjacent to an activating group) is 1. The van der Waals surface area contributed by atoms with E-state index in [0.29, 0.717) is 0 Å². The third-order valence-corrected chi connectivity index (χ3v) is 3.94. The van der Waals surface area contributed by atoms with E-state index in [1.54, 1.807) is 0 Å². The normalized spacial score (nSPS) is 22.6. The van der Waals surface area contributed by atoms with Crippen LogP contribution in [0.3, 0.4) is 0 Å². The van der Waals surface area contributed by atoms with E-state index < -0.39 is 0 Å².